The van der Waals surface area contributed by atoms with Crippen LogP contribution in [0.15, 0.2) is 70.6 Å². The molecule has 3 aliphatic heterocycles. The van der Waals surface area contributed by atoms with Crippen molar-refractivity contribution in [3.8, 4) is 0 Å². The summed E-state index contributed by atoms with van der Waals surface area (Å²) in [6.45, 7) is 1.65. The quantitative estimate of drug-likeness (QED) is 0.0177. The van der Waals surface area contributed by atoms with E-state index < -0.39 is 145 Å². The molecule has 0 radical (unpaired) electrons. The zero-order valence-electron chi connectivity index (χ0n) is 50.9. The van der Waals surface area contributed by atoms with Crippen molar-refractivity contribution in [2.45, 2.75) is 158 Å². The van der Waals surface area contributed by atoms with Gasteiger partial charge in [0.2, 0.25) is 59.1 Å². The number of aliphatic imine (C=N–C) groups is 2. The zero-order chi connectivity index (χ0) is 66.0. The molecule has 0 aliphatic carbocycles. The van der Waals surface area contributed by atoms with E-state index in [4.69, 9.17) is 28.7 Å². The summed E-state index contributed by atoms with van der Waals surface area (Å²) in [7, 11) is 0. The Labute approximate surface area is 521 Å². The molecule has 10 amide bonds. The third-order valence-corrected chi connectivity index (χ3v) is 16.1. The number of benzene rings is 2. The predicted octanol–water partition coefficient (Wildman–Crippen LogP) is -4.98. The van der Waals surface area contributed by atoms with Gasteiger partial charge in [-0.2, -0.15) is 0 Å². The number of guanidine groups is 2. The number of nitrogens with zero attached hydrogens (tertiary/aromatic N) is 5. The number of carbonyl (C=O) groups excluding carboxylic acids is 10. The third kappa shape index (κ3) is 21.4. The van der Waals surface area contributed by atoms with Crippen LogP contribution in [0.25, 0.3) is 0 Å². The molecule has 3 aliphatic rings. The largest absolute Gasteiger partial charge is 0.480 e. The van der Waals surface area contributed by atoms with Gasteiger partial charge in [0.25, 0.3) is 0 Å². The maximum atomic E-state index is 14.4. The number of carbonyl (C=O) groups is 11. The Kier molecular flexibility index (Phi) is 28.6. The number of aliphatic hydroxyl groups excluding tert-OH is 2. The van der Waals surface area contributed by atoms with Gasteiger partial charge < -0.3 is 95.9 Å². The molecule has 3 fully saturated rings. The van der Waals surface area contributed by atoms with Crippen LogP contribution in [0.5, 0.6) is 0 Å². The first-order valence-electron chi connectivity index (χ1n) is 30.4. The van der Waals surface area contributed by atoms with Gasteiger partial charge in [0.1, 0.15) is 54.4 Å². The van der Waals surface area contributed by atoms with Gasteiger partial charge in [0, 0.05) is 45.6 Å². The van der Waals surface area contributed by atoms with Crippen LogP contribution in [0.4, 0.5) is 0 Å². The molecule has 0 aromatic heterocycles. The Balaban J connectivity index is 1.23. The molecule has 0 bridgehead atoms. The molecule has 2 aromatic rings. The van der Waals surface area contributed by atoms with Gasteiger partial charge >= 0.3 is 5.97 Å². The number of likely N-dealkylation sites (tertiary alicyclic amines) is 3. The highest BCUT2D eigenvalue weighted by Gasteiger charge is 2.45. The summed E-state index contributed by atoms with van der Waals surface area (Å²) in [5.41, 5.74) is 29.0. The molecule has 3 heterocycles. The zero-order valence-corrected chi connectivity index (χ0v) is 50.9. The second kappa shape index (κ2) is 35.9. The Morgan fingerprint density at radius 1 is 0.544 bits per heavy atom. The van der Waals surface area contributed by atoms with E-state index in [1.165, 1.54) is 14.7 Å². The first-order chi connectivity index (χ1) is 43.0. The van der Waals surface area contributed by atoms with Crippen molar-refractivity contribution in [2.24, 2.45) is 44.6 Å². The molecular weight excluding hydrogens is 1170 g/mol. The highest BCUT2D eigenvalue weighted by Crippen LogP contribution is 2.27. The van der Waals surface area contributed by atoms with Crippen molar-refractivity contribution in [1.82, 2.24) is 51.9 Å². The van der Waals surface area contributed by atoms with Crippen molar-refractivity contribution in [3.05, 3.63) is 71.8 Å². The maximum absolute atomic E-state index is 14.4. The van der Waals surface area contributed by atoms with Crippen LogP contribution in [-0.2, 0) is 65.6 Å². The predicted molar refractivity (Wildman–Crippen MR) is 328 cm³/mol. The lowest BCUT2D eigenvalue weighted by molar-refractivity contribution is -0.148. The van der Waals surface area contributed by atoms with Crippen LogP contribution < -0.4 is 65.9 Å². The van der Waals surface area contributed by atoms with E-state index in [1.807, 2.05) is 6.92 Å². The van der Waals surface area contributed by atoms with E-state index in [-0.39, 0.29) is 108 Å². The molecule has 3 saturated heterocycles. The minimum atomic E-state index is -1.63. The fourth-order valence-electron chi connectivity index (χ4n) is 10.9. The second-order valence-corrected chi connectivity index (χ2v) is 22.6. The van der Waals surface area contributed by atoms with E-state index in [9.17, 15) is 68.1 Å². The number of nitrogens with one attached hydrogen (secondary N) is 7. The fraction of sp³-hybridized carbons (Fsp3) is 0.576. The van der Waals surface area contributed by atoms with Crippen LogP contribution in [0.1, 0.15) is 95.6 Å². The molecule has 0 unspecified atom stereocenters. The lowest BCUT2D eigenvalue weighted by Gasteiger charge is -2.33. The fourth-order valence-corrected chi connectivity index (χ4v) is 10.9. The minimum Gasteiger partial charge on any atom is -0.480 e. The van der Waals surface area contributed by atoms with Gasteiger partial charge in [-0.15, -0.1) is 0 Å². The molecule has 0 saturated carbocycles. The van der Waals surface area contributed by atoms with Gasteiger partial charge in [0.05, 0.1) is 25.8 Å². The van der Waals surface area contributed by atoms with Crippen LogP contribution in [-0.4, -0.2) is 220 Å². The monoisotopic (exact) mass is 1260 g/mol. The molecule has 31 nitrogen and oxygen atoms in total. The number of carboxylic acid groups (broad SMARTS) is 1. The molecule has 494 valence electrons. The van der Waals surface area contributed by atoms with Gasteiger partial charge in [-0.3, -0.25) is 57.9 Å². The SMILES string of the molecule is CC[C@H](C)[C@H](N)C(=O)N[C@@H](CO)C(=O)N[C@@H](CCCN=C(N)N)C(=O)N1CCC[C@H]1C(=O)N1CCC[C@H]1C(=O)NCC(=O)N[C@@H](Cc1ccccc1)C(=O)N[C@@H](CO)C(=O)N1CCC[C@H]1C(=O)N[C@@H](Cc1ccccc1)C(=O)N[C@@H](CCCN=C(N)N)C(=O)O. The van der Waals surface area contributed by atoms with Crippen molar-refractivity contribution < 1.29 is 68.1 Å². The summed E-state index contributed by atoms with van der Waals surface area (Å²) in [5.74, 6) is -9.54. The topological polar surface area (TPSA) is 497 Å². The highest BCUT2D eigenvalue weighted by atomic mass is 16.4. The summed E-state index contributed by atoms with van der Waals surface area (Å²) in [4.78, 5) is 163. The minimum absolute atomic E-state index is 0.00466. The number of aliphatic hydroxyl groups is 2. The van der Waals surface area contributed by atoms with Gasteiger partial charge in [-0.25, -0.2) is 4.79 Å². The van der Waals surface area contributed by atoms with Crippen LogP contribution in [0.2, 0.25) is 0 Å². The number of aliphatic carboxylic acids is 1. The third-order valence-electron chi connectivity index (χ3n) is 16.1. The Bertz CT molecular complexity index is 2860. The first-order valence-corrected chi connectivity index (χ1v) is 30.4. The van der Waals surface area contributed by atoms with Crippen molar-refractivity contribution in [1.29, 1.82) is 0 Å². The number of carboxylic acids is 1. The molecule has 5 rings (SSSR count). The highest BCUT2D eigenvalue weighted by molar-refractivity contribution is 5.99. The van der Waals surface area contributed by atoms with Crippen molar-refractivity contribution in [2.75, 3.05) is 52.5 Å². The molecule has 20 N–H and O–H groups in total. The van der Waals surface area contributed by atoms with Gasteiger partial charge in [0.15, 0.2) is 11.9 Å². The second-order valence-electron chi connectivity index (χ2n) is 22.6. The summed E-state index contributed by atoms with van der Waals surface area (Å²) in [6.07, 6.45) is 2.43. The Morgan fingerprint density at radius 3 is 1.49 bits per heavy atom. The summed E-state index contributed by atoms with van der Waals surface area (Å²) in [5, 5.41) is 48.6. The van der Waals surface area contributed by atoms with Crippen LogP contribution >= 0.6 is 0 Å². The Morgan fingerprint density at radius 2 is 0.978 bits per heavy atom. The van der Waals surface area contributed by atoms with Gasteiger partial charge in [-0.1, -0.05) is 80.9 Å². The lowest BCUT2D eigenvalue weighted by Crippen LogP contribution is -2.60. The first kappa shape index (κ1) is 71.8. The maximum Gasteiger partial charge on any atom is 0.326 e. The number of hydrogen-bond acceptors (Lipinski definition) is 16. The average molecular weight is 1260 g/mol. The smallest absolute Gasteiger partial charge is 0.326 e. The molecule has 2 aromatic carbocycles. The number of nitrogens with two attached hydrogens (primary N) is 5. The van der Waals surface area contributed by atoms with E-state index >= 15 is 0 Å². The van der Waals surface area contributed by atoms with Crippen molar-refractivity contribution in [3.63, 3.8) is 0 Å². The van der Waals surface area contributed by atoms with Gasteiger partial charge in [-0.05, 0) is 81.3 Å². The molecule has 11 atom stereocenters. The summed E-state index contributed by atoms with van der Waals surface area (Å²) < 4.78 is 0. The summed E-state index contributed by atoms with van der Waals surface area (Å²) in [6, 6.07) is 4.43. The molecule has 0 spiro atoms. The summed E-state index contributed by atoms with van der Waals surface area (Å²) >= 11 is 0. The number of amides is 10. The molecular formula is C59H89N17O14. The number of hydrogen-bond donors (Lipinski definition) is 15. The standard InChI is InChI=1S/C59H89N17O14/c1-3-34(2)47(60)53(85)72-41(32-77)50(82)69-37(19-10-24-65-58(61)62)54(86)76-28-14-23-45(76)56(88)75-27-12-21-43(75)51(83)67-31-46(79)68-39(29-35-15-6-4-7-16-35)48(80)73-42(33-78)55(87)74-26-13-22-44(74)52(84)71-40(30-36-17-8-5-9-18-36)49(81)70-38(57(89)90)20-11-25-66-59(63)64/h4-9,15-18,34,37-45,47,77-78H,3,10-14,19-33,60H2,1-2H3,(H,67,83)(H,68,79)(H,69,82)(H,70,81)(H,71,84)(H,72,85)(H,73,80)(H,89,90)(H4,61,62,65)(H4,63,64,66)/t34-,37-,38-,39-,40-,41-,42-,43-,44-,45-,47-/m0/s1. The van der Waals surface area contributed by atoms with E-state index in [0.717, 1.165) is 0 Å². The molecule has 31 heteroatoms. The lowest BCUT2D eigenvalue weighted by atomic mass is 9.99. The van der Waals surface area contributed by atoms with E-state index in [0.29, 0.717) is 36.8 Å². The Hall–Kier alpha value is -8.97. The normalized spacial score (nSPS) is 18.8. The average Bonchev–Trinajstić information content (AvgIpc) is 1.81. The van der Waals surface area contributed by atoms with Crippen LogP contribution in [0, 0.1) is 5.92 Å². The van der Waals surface area contributed by atoms with E-state index in [2.05, 4.69) is 47.2 Å². The van der Waals surface area contributed by atoms with Crippen molar-refractivity contribution >= 4 is 77.0 Å². The van der Waals surface area contributed by atoms with Crippen LogP contribution in [0.3, 0.4) is 0 Å². The number of rotatable bonds is 34. The molecule has 90 heavy (non-hydrogen) atoms. The van der Waals surface area contributed by atoms with E-state index in [1.54, 1.807) is 67.6 Å².